The van der Waals surface area contributed by atoms with Gasteiger partial charge >= 0.3 is 5.97 Å². The highest BCUT2D eigenvalue weighted by Crippen LogP contribution is 2.62. The predicted octanol–water partition coefficient (Wildman–Crippen LogP) is 9.77. The van der Waals surface area contributed by atoms with Crippen LogP contribution >= 0.6 is 0 Å². The van der Waals surface area contributed by atoms with Gasteiger partial charge in [-0.15, -0.1) is 0 Å². The maximum Gasteiger partial charge on any atom is 0.335 e. The van der Waals surface area contributed by atoms with E-state index in [4.69, 9.17) is 10.2 Å². The van der Waals surface area contributed by atoms with E-state index in [0.717, 1.165) is 55.3 Å². The molecule has 0 spiro atoms. The minimum Gasteiger partial charge on any atom is -0.478 e. The number of fused-ring (bicyclic) bond motifs is 1. The van der Waals surface area contributed by atoms with Crippen molar-refractivity contribution in [1.29, 1.82) is 5.41 Å². The van der Waals surface area contributed by atoms with Gasteiger partial charge in [-0.2, -0.15) is 0 Å². The number of benzene rings is 2. The standard InChI is InChI=1S/C30H42N2O3.C7H8.C2H4O.C2H6/c1-7-23-22(24-11-12-27(33)29(24,3)4)13-18(2)25-15-26(20(17-31)16-30(23,25)5)32(6)21-10-8-9-19(14-21)28(34)35;1-7-5-3-2-4-6-7;1-2-3;1-2/h8-10,14-15,17-18,22-24,27,31,33H,7,11-13,16H2,1-6H3,(H,34,35);2-6H,1H3;2H,1H3;1-2H3/t18-,22?,23-,24?,27+,30?;;;/m0.../s1. The number of carbonyl (C=O) groups excluding carboxylic acids is 1. The Hall–Kier alpha value is -3.51. The number of allylic oxidation sites excluding steroid dienone is 3. The number of carboxylic acid groups (broad SMARTS) is 1. The molecule has 6 heteroatoms. The van der Waals surface area contributed by atoms with Crippen molar-refractivity contribution in [3.63, 3.8) is 0 Å². The Morgan fingerprint density at radius 3 is 2.15 bits per heavy atom. The number of nitrogens with zero attached hydrogens (tertiary/aromatic N) is 1. The van der Waals surface area contributed by atoms with Crippen LogP contribution in [0.2, 0.25) is 0 Å². The molecular formula is C41H60N2O4. The molecule has 0 amide bonds. The maximum atomic E-state index is 11.5. The highest BCUT2D eigenvalue weighted by atomic mass is 16.4. The molecule has 0 radical (unpaired) electrons. The van der Waals surface area contributed by atoms with Crippen molar-refractivity contribution in [1.82, 2.24) is 0 Å². The second kappa shape index (κ2) is 17.6. The SMILES string of the molecule is CC.CC=O.CC[C@H]1C(C2CC[C@@H](O)C2(C)C)C[C@H](C)C2=CC(N(C)c3cccc(C(=O)O)c3)=C(C=N)CC21C.Cc1ccccc1. The van der Waals surface area contributed by atoms with Crippen LogP contribution in [0, 0.1) is 46.8 Å². The molecule has 3 N–H and O–H groups in total. The van der Waals surface area contributed by atoms with Crippen LogP contribution in [0.25, 0.3) is 0 Å². The third-order valence-corrected chi connectivity index (χ3v) is 10.8. The van der Waals surface area contributed by atoms with Crippen LogP contribution in [0.4, 0.5) is 5.69 Å². The third kappa shape index (κ3) is 8.90. The first-order valence-electron chi connectivity index (χ1n) is 17.4. The molecule has 0 saturated heterocycles. The van der Waals surface area contributed by atoms with Crippen LogP contribution in [-0.2, 0) is 4.79 Å². The van der Waals surface area contributed by atoms with Crippen molar-refractivity contribution < 1.29 is 19.8 Å². The van der Waals surface area contributed by atoms with Crippen LogP contribution < -0.4 is 4.90 Å². The number of hydrogen-bond acceptors (Lipinski definition) is 5. The van der Waals surface area contributed by atoms with Gasteiger partial charge in [-0.25, -0.2) is 4.79 Å². The molecule has 2 aromatic carbocycles. The van der Waals surface area contributed by atoms with Gasteiger partial charge in [0.25, 0.3) is 0 Å². The highest BCUT2D eigenvalue weighted by Gasteiger charge is 2.55. The Bertz CT molecular complexity index is 1400. The van der Waals surface area contributed by atoms with Crippen molar-refractivity contribution in [2.24, 2.45) is 34.5 Å². The molecule has 3 aliphatic rings. The zero-order valence-electron chi connectivity index (χ0n) is 30.5. The summed E-state index contributed by atoms with van der Waals surface area (Å²) >= 11 is 0. The average molecular weight is 645 g/mol. The smallest absolute Gasteiger partial charge is 0.335 e. The number of nitrogens with one attached hydrogen (secondary N) is 1. The van der Waals surface area contributed by atoms with E-state index in [9.17, 15) is 15.0 Å². The van der Waals surface area contributed by atoms with Crippen molar-refractivity contribution in [2.45, 2.75) is 101 Å². The lowest BCUT2D eigenvalue weighted by Gasteiger charge is -2.56. The number of carbonyl (C=O) groups is 2. The summed E-state index contributed by atoms with van der Waals surface area (Å²) in [4.78, 5) is 22.4. The van der Waals surface area contributed by atoms with E-state index in [2.05, 4.69) is 59.8 Å². The molecule has 5 rings (SSSR count). The van der Waals surface area contributed by atoms with Crippen LogP contribution in [0.5, 0.6) is 0 Å². The number of aliphatic hydroxyl groups excluding tert-OH is 1. The predicted molar refractivity (Wildman–Crippen MR) is 196 cm³/mol. The van der Waals surface area contributed by atoms with E-state index in [1.165, 1.54) is 24.3 Å². The monoisotopic (exact) mass is 644 g/mol. The summed E-state index contributed by atoms with van der Waals surface area (Å²) in [6, 6.07) is 17.3. The second-order valence-corrected chi connectivity index (χ2v) is 13.9. The number of aliphatic hydroxyl groups is 1. The molecule has 6 nitrogen and oxygen atoms in total. The third-order valence-electron chi connectivity index (χ3n) is 10.8. The van der Waals surface area contributed by atoms with E-state index in [1.807, 2.05) is 50.1 Å². The minimum atomic E-state index is -0.936. The van der Waals surface area contributed by atoms with Gasteiger partial charge in [0.1, 0.15) is 6.29 Å². The molecule has 2 aromatic rings. The van der Waals surface area contributed by atoms with Crippen LogP contribution in [-0.4, -0.2) is 41.8 Å². The number of aryl methyl sites for hydroxylation is 1. The molecule has 0 aliphatic heterocycles. The van der Waals surface area contributed by atoms with Crippen molar-refractivity contribution in [3.8, 4) is 0 Å². The number of hydrogen-bond donors (Lipinski definition) is 3. The molecule has 0 bridgehead atoms. The summed E-state index contributed by atoms with van der Waals surface area (Å²) in [5.41, 5.74) is 5.76. The fraction of sp³-hybridized carbons (Fsp3) is 0.537. The number of carboxylic acids is 1. The number of aromatic carboxylic acids is 1. The lowest BCUT2D eigenvalue weighted by Crippen LogP contribution is -2.48. The van der Waals surface area contributed by atoms with Gasteiger partial charge in [-0.05, 0) is 104 Å². The topological polar surface area (TPSA) is 102 Å². The molecule has 3 aliphatic carbocycles. The van der Waals surface area contributed by atoms with E-state index in [-0.39, 0.29) is 22.5 Å². The van der Waals surface area contributed by atoms with Gasteiger partial charge in [0.2, 0.25) is 0 Å². The van der Waals surface area contributed by atoms with Gasteiger partial charge in [-0.1, -0.05) is 102 Å². The number of likely N-dealkylation sites (N-methyl/N-ethyl adjacent to an activating group) is 1. The Kier molecular flexibility index (Phi) is 14.8. The molecule has 2 fully saturated rings. The number of aldehydes is 1. The molecule has 258 valence electrons. The molecular weight excluding hydrogens is 584 g/mol. The lowest BCUT2D eigenvalue weighted by molar-refractivity contribution is -0.106. The number of anilines is 1. The largest absolute Gasteiger partial charge is 0.478 e. The lowest BCUT2D eigenvalue weighted by atomic mass is 9.49. The quantitative estimate of drug-likeness (QED) is 0.215. The van der Waals surface area contributed by atoms with Crippen LogP contribution in [0.15, 0.2) is 77.5 Å². The minimum absolute atomic E-state index is 0.0269. The Labute approximate surface area is 284 Å². The maximum absolute atomic E-state index is 11.5. The molecule has 2 saturated carbocycles. The summed E-state index contributed by atoms with van der Waals surface area (Å²) in [6.07, 6.45) is 9.35. The van der Waals surface area contributed by atoms with Crippen LogP contribution in [0.3, 0.4) is 0 Å². The van der Waals surface area contributed by atoms with Crippen molar-refractivity contribution >= 4 is 24.2 Å². The normalized spacial score (nSPS) is 27.2. The van der Waals surface area contributed by atoms with E-state index in [0.29, 0.717) is 23.7 Å². The van der Waals surface area contributed by atoms with Gasteiger partial charge in [0, 0.05) is 24.6 Å². The van der Waals surface area contributed by atoms with E-state index in [1.54, 1.807) is 18.2 Å². The fourth-order valence-electron chi connectivity index (χ4n) is 8.47. The summed E-state index contributed by atoms with van der Waals surface area (Å²) in [6.45, 7) is 19.1. The summed E-state index contributed by atoms with van der Waals surface area (Å²) < 4.78 is 0. The van der Waals surface area contributed by atoms with Crippen molar-refractivity contribution in [3.05, 3.63) is 88.6 Å². The van der Waals surface area contributed by atoms with Gasteiger partial charge < -0.3 is 25.3 Å². The first kappa shape index (κ1) is 39.7. The molecule has 3 unspecified atom stereocenters. The second-order valence-electron chi connectivity index (χ2n) is 13.9. The fourth-order valence-corrected chi connectivity index (χ4v) is 8.47. The zero-order valence-corrected chi connectivity index (χ0v) is 30.5. The number of rotatable bonds is 6. The molecule has 0 aromatic heterocycles. The van der Waals surface area contributed by atoms with Crippen LogP contribution in [0.1, 0.15) is 103 Å². The Morgan fingerprint density at radius 2 is 1.68 bits per heavy atom. The zero-order chi connectivity index (χ0) is 35.5. The first-order valence-corrected chi connectivity index (χ1v) is 17.4. The molecule has 6 atom stereocenters. The Balaban J connectivity index is 0.000000545. The molecule has 47 heavy (non-hydrogen) atoms. The average Bonchev–Trinajstić information content (AvgIpc) is 3.33. The summed E-state index contributed by atoms with van der Waals surface area (Å²) in [7, 11) is 1.97. The van der Waals surface area contributed by atoms with Gasteiger partial charge in [0.05, 0.1) is 11.7 Å². The summed E-state index contributed by atoms with van der Waals surface area (Å²) in [5.74, 6) is 1.05. The summed E-state index contributed by atoms with van der Waals surface area (Å²) in [5, 5.41) is 28.5. The van der Waals surface area contributed by atoms with E-state index < -0.39 is 5.97 Å². The van der Waals surface area contributed by atoms with Gasteiger partial charge in [-0.3, -0.25) is 0 Å². The van der Waals surface area contributed by atoms with Crippen molar-refractivity contribution in [2.75, 3.05) is 11.9 Å². The van der Waals surface area contributed by atoms with E-state index >= 15 is 0 Å². The van der Waals surface area contributed by atoms with Gasteiger partial charge in [0.15, 0.2) is 0 Å². The highest BCUT2D eigenvalue weighted by molar-refractivity contribution is 5.89. The first-order chi connectivity index (χ1) is 22.3. The molecule has 0 heterocycles. The Morgan fingerprint density at radius 1 is 1.06 bits per heavy atom.